The molecule has 2 heterocycles. The van der Waals surface area contributed by atoms with Gasteiger partial charge in [0, 0.05) is 23.3 Å². The Bertz CT molecular complexity index is 863. The van der Waals surface area contributed by atoms with Crippen LogP contribution in [-0.2, 0) is 0 Å². The zero-order valence-electron chi connectivity index (χ0n) is 13.2. The second kappa shape index (κ2) is 6.09. The molecule has 24 heavy (non-hydrogen) atoms. The Morgan fingerprint density at radius 3 is 2.71 bits per heavy atom. The number of carbonyl (C=O) groups excluding carboxylic acids is 1. The molecule has 2 N–H and O–H groups in total. The van der Waals surface area contributed by atoms with Crippen LogP contribution in [0.1, 0.15) is 29.0 Å². The van der Waals surface area contributed by atoms with Crippen molar-refractivity contribution < 1.29 is 4.79 Å². The molecule has 122 valence electrons. The molecule has 7 heteroatoms. The summed E-state index contributed by atoms with van der Waals surface area (Å²) in [5.74, 6) is -0.196. The van der Waals surface area contributed by atoms with Crippen LogP contribution >= 0.6 is 11.3 Å². The average molecular weight is 339 g/mol. The summed E-state index contributed by atoms with van der Waals surface area (Å²) in [5.41, 5.74) is 3.09. The summed E-state index contributed by atoms with van der Waals surface area (Å²) in [6.45, 7) is 1.95. The van der Waals surface area contributed by atoms with Gasteiger partial charge in [0.05, 0.1) is 11.4 Å². The van der Waals surface area contributed by atoms with Gasteiger partial charge in [-0.15, -0.1) is 11.3 Å². The van der Waals surface area contributed by atoms with Crippen LogP contribution < -0.4 is 10.6 Å². The fourth-order valence-electron chi connectivity index (χ4n) is 2.30. The summed E-state index contributed by atoms with van der Waals surface area (Å²) < 4.78 is 1.80. The number of thiazole rings is 1. The Kier molecular flexibility index (Phi) is 3.78. The maximum Gasteiger partial charge on any atom is 0.275 e. The smallest absolute Gasteiger partial charge is 0.275 e. The SMILES string of the molecule is Cc1ccn(-c2ccc(NC(=O)c3csc(NC4CC4)n3)cc2)n1. The van der Waals surface area contributed by atoms with Crippen LogP contribution in [0.25, 0.3) is 5.69 Å². The summed E-state index contributed by atoms with van der Waals surface area (Å²) in [5, 5.41) is 13.1. The number of carbonyl (C=O) groups is 1. The number of anilines is 2. The third kappa shape index (κ3) is 3.30. The predicted molar refractivity (Wildman–Crippen MR) is 95.0 cm³/mol. The van der Waals surface area contributed by atoms with Gasteiger partial charge in [-0.25, -0.2) is 9.67 Å². The molecular weight excluding hydrogens is 322 g/mol. The topological polar surface area (TPSA) is 71.8 Å². The lowest BCUT2D eigenvalue weighted by atomic mass is 10.2. The van der Waals surface area contributed by atoms with E-state index >= 15 is 0 Å². The number of benzene rings is 1. The van der Waals surface area contributed by atoms with Gasteiger partial charge in [-0.2, -0.15) is 5.10 Å². The first kappa shape index (κ1) is 14.9. The minimum Gasteiger partial charge on any atom is -0.359 e. The standard InChI is InChI=1S/C17H17N5OS/c1-11-8-9-22(21-11)14-6-4-12(5-7-14)18-16(23)15-10-24-17(20-15)19-13-2-3-13/h4-10,13H,2-3H2,1H3,(H,18,23)(H,19,20). The lowest BCUT2D eigenvalue weighted by Crippen LogP contribution is -2.12. The molecule has 0 atom stereocenters. The van der Waals surface area contributed by atoms with E-state index in [4.69, 9.17) is 0 Å². The highest BCUT2D eigenvalue weighted by Crippen LogP contribution is 2.26. The van der Waals surface area contributed by atoms with Crippen LogP contribution in [0, 0.1) is 6.92 Å². The Morgan fingerprint density at radius 1 is 1.25 bits per heavy atom. The van der Waals surface area contributed by atoms with Crippen molar-refractivity contribution in [1.29, 1.82) is 0 Å². The van der Waals surface area contributed by atoms with E-state index in [0.717, 1.165) is 22.2 Å². The first-order valence-electron chi connectivity index (χ1n) is 7.83. The summed E-state index contributed by atoms with van der Waals surface area (Å²) >= 11 is 1.46. The Hall–Kier alpha value is -2.67. The Labute approximate surface area is 143 Å². The molecule has 1 aromatic carbocycles. The van der Waals surface area contributed by atoms with Crippen molar-refractivity contribution in [1.82, 2.24) is 14.8 Å². The second-order valence-electron chi connectivity index (χ2n) is 5.86. The molecule has 0 spiro atoms. The van der Waals surface area contributed by atoms with Crippen molar-refractivity contribution in [2.75, 3.05) is 10.6 Å². The van der Waals surface area contributed by atoms with E-state index in [1.165, 1.54) is 24.2 Å². The highest BCUT2D eigenvalue weighted by molar-refractivity contribution is 7.13. The summed E-state index contributed by atoms with van der Waals surface area (Å²) in [6.07, 6.45) is 4.28. The van der Waals surface area contributed by atoms with Crippen molar-refractivity contribution in [3.8, 4) is 5.69 Å². The second-order valence-corrected chi connectivity index (χ2v) is 6.72. The number of rotatable bonds is 5. The van der Waals surface area contributed by atoms with Gasteiger partial charge < -0.3 is 10.6 Å². The maximum absolute atomic E-state index is 12.3. The molecule has 1 saturated carbocycles. The normalized spacial score (nSPS) is 13.7. The minimum atomic E-state index is -0.196. The molecule has 2 aromatic heterocycles. The summed E-state index contributed by atoms with van der Waals surface area (Å²) in [7, 11) is 0. The molecule has 1 aliphatic carbocycles. The minimum absolute atomic E-state index is 0.196. The number of amides is 1. The van der Waals surface area contributed by atoms with Crippen LogP contribution in [-0.4, -0.2) is 26.7 Å². The third-order valence-electron chi connectivity index (χ3n) is 3.75. The van der Waals surface area contributed by atoms with Crippen LogP contribution in [0.3, 0.4) is 0 Å². The van der Waals surface area contributed by atoms with Crippen molar-refractivity contribution >= 4 is 28.1 Å². The third-order valence-corrected chi connectivity index (χ3v) is 4.53. The Morgan fingerprint density at radius 2 is 2.04 bits per heavy atom. The molecule has 3 aromatic rings. The van der Waals surface area contributed by atoms with Gasteiger partial charge >= 0.3 is 0 Å². The lowest BCUT2D eigenvalue weighted by molar-refractivity contribution is 0.102. The highest BCUT2D eigenvalue weighted by Gasteiger charge is 2.22. The van der Waals surface area contributed by atoms with Crippen molar-refractivity contribution in [2.24, 2.45) is 0 Å². The fourth-order valence-corrected chi connectivity index (χ4v) is 3.07. The Balaban J connectivity index is 1.42. The molecule has 0 bridgehead atoms. The number of hydrogen-bond donors (Lipinski definition) is 2. The maximum atomic E-state index is 12.3. The molecule has 0 aliphatic heterocycles. The highest BCUT2D eigenvalue weighted by atomic mass is 32.1. The molecule has 0 saturated heterocycles. The van der Waals surface area contributed by atoms with E-state index in [0.29, 0.717) is 11.7 Å². The molecule has 0 unspecified atom stereocenters. The van der Waals surface area contributed by atoms with E-state index in [1.807, 2.05) is 43.5 Å². The largest absolute Gasteiger partial charge is 0.359 e. The fraction of sp³-hybridized carbons (Fsp3) is 0.235. The number of nitrogens with one attached hydrogen (secondary N) is 2. The lowest BCUT2D eigenvalue weighted by Gasteiger charge is -2.05. The molecule has 6 nitrogen and oxygen atoms in total. The molecule has 0 radical (unpaired) electrons. The molecule has 1 aliphatic rings. The van der Waals surface area contributed by atoms with Gasteiger partial charge in [-0.1, -0.05) is 0 Å². The number of aromatic nitrogens is 3. The number of nitrogens with zero attached hydrogens (tertiary/aromatic N) is 3. The molecule has 1 fully saturated rings. The van der Waals surface area contributed by atoms with E-state index in [1.54, 1.807) is 10.1 Å². The van der Waals surface area contributed by atoms with E-state index in [2.05, 4.69) is 20.7 Å². The monoisotopic (exact) mass is 339 g/mol. The van der Waals surface area contributed by atoms with Gasteiger partial charge in [0.1, 0.15) is 5.69 Å². The zero-order valence-corrected chi connectivity index (χ0v) is 14.0. The van der Waals surface area contributed by atoms with Gasteiger partial charge in [0.25, 0.3) is 5.91 Å². The van der Waals surface area contributed by atoms with Gasteiger partial charge in [-0.3, -0.25) is 4.79 Å². The number of aryl methyl sites for hydroxylation is 1. The molecular formula is C17H17N5OS. The van der Waals surface area contributed by atoms with Crippen LogP contribution in [0.5, 0.6) is 0 Å². The van der Waals surface area contributed by atoms with Crippen molar-refractivity contribution in [3.05, 3.63) is 53.3 Å². The molecule has 1 amide bonds. The van der Waals surface area contributed by atoms with Crippen molar-refractivity contribution in [3.63, 3.8) is 0 Å². The van der Waals surface area contributed by atoms with Gasteiger partial charge in [-0.05, 0) is 50.1 Å². The van der Waals surface area contributed by atoms with Gasteiger partial charge in [0.2, 0.25) is 0 Å². The van der Waals surface area contributed by atoms with E-state index in [9.17, 15) is 4.79 Å². The number of hydrogen-bond acceptors (Lipinski definition) is 5. The zero-order chi connectivity index (χ0) is 16.5. The average Bonchev–Trinajstić information content (AvgIpc) is 3.07. The first-order chi connectivity index (χ1) is 11.7. The van der Waals surface area contributed by atoms with Crippen LogP contribution in [0.4, 0.5) is 10.8 Å². The van der Waals surface area contributed by atoms with E-state index < -0.39 is 0 Å². The van der Waals surface area contributed by atoms with Crippen LogP contribution in [0.15, 0.2) is 41.9 Å². The van der Waals surface area contributed by atoms with Gasteiger partial charge in [0.15, 0.2) is 5.13 Å². The quantitative estimate of drug-likeness (QED) is 0.747. The predicted octanol–water partition coefficient (Wildman–Crippen LogP) is 3.46. The van der Waals surface area contributed by atoms with Crippen molar-refractivity contribution in [2.45, 2.75) is 25.8 Å². The summed E-state index contributed by atoms with van der Waals surface area (Å²) in [4.78, 5) is 16.6. The van der Waals surface area contributed by atoms with E-state index in [-0.39, 0.29) is 5.91 Å². The first-order valence-corrected chi connectivity index (χ1v) is 8.71. The van der Waals surface area contributed by atoms with Crippen LogP contribution in [0.2, 0.25) is 0 Å². The summed E-state index contributed by atoms with van der Waals surface area (Å²) in [6, 6.07) is 10.0. The molecule has 4 rings (SSSR count).